The summed E-state index contributed by atoms with van der Waals surface area (Å²) in [7, 11) is 0. The van der Waals surface area contributed by atoms with Gasteiger partial charge in [0.15, 0.2) is 5.01 Å². The number of amides is 1. The van der Waals surface area contributed by atoms with E-state index in [9.17, 15) is 4.79 Å². The molecule has 0 aliphatic carbocycles. The van der Waals surface area contributed by atoms with Crippen molar-refractivity contribution in [3.8, 4) is 5.75 Å². The van der Waals surface area contributed by atoms with Gasteiger partial charge < -0.3 is 4.74 Å². The molecule has 0 aliphatic heterocycles. The maximum Gasteiger partial charge on any atom is 0.294 e. The third-order valence-electron chi connectivity index (χ3n) is 2.23. The van der Waals surface area contributed by atoms with Crippen molar-refractivity contribution in [1.29, 1.82) is 0 Å². The Morgan fingerprint density at radius 2 is 2.20 bits per heavy atom. The Bertz CT molecular complexity index is 651. The van der Waals surface area contributed by atoms with Crippen LogP contribution in [0.4, 0.5) is 0 Å². The van der Waals surface area contributed by atoms with Crippen LogP contribution in [0.15, 0.2) is 22.0 Å². The Hall–Kier alpha value is -0.860. The molecule has 9 heteroatoms. The molecule has 0 aliphatic rings. The number of nitrogens with one attached hydrogen (secondary N) is 1. The molecule has 0 spiro atoms. The minimum Gasteiger partial charge on any atom is -0.486 e. The molecule has 0 saturated carbocycles. The first kappa shape index (κ1) is 15.5. The van der Waals surface area contributed by atoms with Crippen LogP contribution < -0.4 is 16.0 Å². The second-order valence-corrected chi connectivity index (χ2v) is 6.13. The van der Waals surface area contributed by atoms with E-state index in [1.54, 1.807) is 17.5 Å². The van der Waals surface area contributed by atoms with E-state index in [0.29, 0.717) is 26.0 Å². The molecule has 0 fully saturated rings. The van der Waals surface area contributed by atoms with E-state index in [-0.39, 0.29) is 11.6 Å². The lowest BCUT2D eigenvalue weighted by molar-refractivity contribution is 0.0953. The zero-order valence-corrected chi connectivity index (χ0v) is 13.7. The molecule has 1 amide bonds. The summed E-state index contributed by atoms with van der Waals surface area (Å²) in [5, 5.41) is 2.90. The van der Waals surface area contributed by atoms with Gasteiger partial charge in [-0.15, -0.1) is 11.3 Å². The van der Waals surface area contributed by atoms with Gasteiger partial charge in [0.2, 0.25) is 0 Å². The number of nitrogens with zero attached hydrogens (tertiary/aromatic N) is 1. The molecule has 1 aromatic carbocycles. The van der Waals surface area contributed by atoms with Crippen molar-refractivity contribution in [2.45, 2.75) is 6.61 Å². The average Bonchev–Trinajstić information content (AvgIpc) is 2.89. The van der Waals surface area contributed by atoms with E-state index >= 15 is 0 Å². The van der Waals surface area contributed by atoms with Crippen LogP contribution in [-0.4, -0.2) is 10.9 Å². The number of aromatic nitrogens is 1. The molecule has 0 radical (unpaired) electrons. The number of rotatable bonds is 4. The molecule has 3 N–H and O–H groups in total. The van der Waals surface area contributed by atoms with Crippen molar-refractivity contribution in [2.75, 3.05) is 0 Å². The normalized spacial score (nSPS) is 10.4. The highest BCUT2D eigenvalue weighted by molar-refractivity contribution is 9.10. The molecule has 0 saturated heterocycles. The number of halogens is 3. The van der Waals surface area contributed by atoms with Crippen molar-refractivity contribution in [1.82, 2.24) is 10.4 Å². The van der Waals surface area contributed by atoms with Crippen LogP contribution in [0, 0.1) is 0 Å². The number of carbonyl (C=O) groups is 1. The largest absolute Gasteiger partial charge is 0.486 e. The number of benzene rings is 1. The van der Waals surface area contributed by atoms with Crippen LogP contribution in [0.3, 0.4) is 0 Å². The predicted molar refractivity (Wildman–Crippen MR) is 82.3 cm³/mol. The second kappa shape index (κ2) is 6.73. The highest BCUT2D eigenvalue weighted by Gasteiger charge is 2.11. The maximum atomic E-state index is 11.3. The maximum absolute atomic E-state index is 11.3. The van der Waals surface area contributed by atoms with Crippen LogP contribution in [0.25, 0.3) is 0 Å². The lowest BCUT2D eigenvalue weighted by Gasteiger charge is -2.08. The quantitative estimate of drug-likeness (QED) is 0.359. The average molecular weight is 397 g/mol. The fraction of sp³-hybridized carbons (Fsp3) is 0.0909. The van der Waals surface area contributed by atoms with Gasteiger partial charge in [-0.2, -0.15) is 0 Å². The summed E-state index contributed by atoms with van der Waals surface area (Å²) in [6.45, 7) is 0.173. The van der Waals surface area contributed by atoms with Crippen molar-refractivity contribution in [2.24, 2.45) is 5.84 Å². The van der Waals surface area contributed by atoms with Gasteiger partial charge in [0.05, 0.1) is 15.7 Å². The van der Waals surface area contributed by atoms with Gasteiger partial charge in [-0.1, -0.05) is 23.2 Å². The fourth-order valence-electron chi connectivity index (χ4n) is 1.31. The number of hydrogen-bond acceptors (Lipinski definition) is 5. The van der Waals surface area contributed by atoms with Gasteiger partial charge in [0.1, 0.15) is 12.4 Å². The third-order valence-corrected chi connectivity index (χ3v) is 4.61. The minimum absolute atomic E-state index is 0.173. The summed E-state index contributed by atoms with van der Waals surface area (Å²) in [5.74, 6) is 5.03. The molecule has 1 aromatic heterocycles. The van der Waals surface area contributed by atoms with E-state index in [0.717, 1.165) is 0 Å². The SMILES string of the molecule is NNC(=O)c1nc(COc2cc(Cl)c(Br)cc2Cl)cs1. The Labute approximate surface area is 137 Å². The van der Waals surface area contributed by atoms with E-state index in [1.807, 2.05) is 5.43 Å². The monoisotopic (exact) mass is 395 g/mol. The number of hydrogen-bond donors (Lipinski definition) is 2. The van der Waals surface area contributed by atoms with Crippen molar-refractivity contribution in [3.05, 3.63) is 42.7 Å². The Balaban J connectivity index is 2.07. The topological polar surface area (TPSA) is 77.2 Å². The summed E-state index contributed by atoms with van der Waals surface area (Å²) >= 11 is 16.4. The molecule has 2 rings (SSSR count). The molecular weight excluding hydrogens is 389 g/mol. The number of ether oxygens (including phenoxy) is 1. The number of hydrazine groups is 1. The first-order chi connectivity index (χ1) is 9.51. The molecular formula is C11H8BrCl2N3O2S. The molecule has 0 bridgehead atoms. The first-order valence-electron chi connectivity index (χ1n) is 5.24. The Kier molecular flexibility index (Phi) is 5.22. The number of nitrogen functional groups attached to an aromatic ring is 1. The van der Waals surface area contributed by atoms with Gasteiger partial charge in [-0.25, -0.2) is 10.8 Å². The zero-order chi connectivity index (χ0) is 14.7. The van der Waals surface area contributed by atoms with Crippen LogP contribution in [0.2, 0.25) is 10.0 Å². The molecule has 20 heavy (non-hydrogen) atoms. The number of carbonyl (C=O) groups excluding carboxylic acids is 1. The highest BCUT2D eigenvalue weighted by Crippen LogP contribution is 2.34. The van der Waals surface area contributed by atoms with Crippen molar-refractivity contribution >= 4 is 56.4 Å². The lowest BCUT2D eigenvalue weighted by atomic mass is 10.3. The van der Waals surface area contributed by atoms with Gasteiger partial charge in [-0.05, 0) is 22.0 Å². The standard InChI is InChI=1S/C11H8BrCl2N3O2S/c12-6-1-8(14)9(2-7(6)13)19-3-5-4-20-11(16-5)10(18)17-15/h1-2,4H,3,15H2,(H,17,18). The smallest absolute Gasteiger partial charge is 0.294 e. The minimum atomic E-state index is -0.439. The van der Waals surface area contributed by atoms with Crippen molar-refractivity contribution in [3.63, 3.8) is 0 Å². The summed E-state index contributed by atoms with van der Waals surface area (Å²) in [4.78, 5) is 15.3. The van der Waals surface area contributed by atoms with Gasteiger partial charge in [-0.3, -0.25) is 10.2 Å². The molecule has 0 atom stereocenters. The molecule has 2 aromatic rings. The summed E-state index contributed by atoms with van der Waals surface area (Å²) in [5.41, 5.74) is 2.62. The zero-order valence-electron chi connectivity index (χ0n) is 9.82. The molecule has 106 valence electrons. The predicted octanol–water partition coefficient (Wildman–Crippen LogP) is 3.39. The second-order valence-electron chi connectivity index (χ2n) is 3.60. The first-order valence-corrected chi connectivity index (χ1v) is 7.67. The third kappa shape index (κ3) is 3.62. The molecule has 5 nitrogen and oxygen atoms in total. The van der Waals surface area contributed by atoms with Crippen LogP contribution >= 0.6 is 50.5 Å². The Morgan fingerprint density at radius 3 is 2.90 bits per heavy atom. The van der Waals surface area contributed by atoms with Crippen LogP contribution in [0.1, 0.15) is 15.5 Å². The van der Waals surface area contributed by atoms with E-state index in [4.69, 9.17) is 33.8 Å². The fourth-order valence-corrected chi connectivity index (χ4v) is 2.86. The Morgan fingerprint density at radius 1 is 1.45 bits per heavy atom. The van der Waals surface area contributed by atoms with E-state index in [2.05, 4.69) is 20.9 Å². The van der Waals surface area contributed by atoms with Gasteiger partial charge in [0, 0.05) is 15.9 Å². The summed E-state index contributed by atoms with van der Waals surface area (Å²) in [6.07, 6.45) is 0. The van der Waals surface area contributed by atoms with Crippen LogP contribution in [0.5, 0.6) is 5.75 Å². The highest BCUT2D eigenvalue weighted by atomic mass is 79.9. The lowest BCUT2D eigenvalue weighted by Crippen LogP contribution is -2.29. The molecule has 0 unspecified atom stereocenters. The summed E-state index contributed by atoms with van der Waals surface area (Å²) < 4.78 is 6.22. The van der Waals surface area contributed by atoms with Crippen molar-refractivity contribution < 1.29 is 9.53 Å². The number of thiazole rings is 1. The number of nitrogens with two attached hydrogens (primary N) is 1. The van der Waals surface area contributed by atoms with Gasteiger partial charge in [0.25, 0.3) is 5.91 Å². The molecule has 1 heterocycles. The summed E-state index contributed by atoms with van der Waals surface area (Å²) in [6, 6.07) is 3.25. The van der Waals surface area contributed by atoms with E-state index < -0.39 is 5.91 Å². The van der Waals surface area contributed by atoms with Gasteiger partial charge >= 0.3 is 0 Å². The van der Waals surface area contributed by atoms with Crippen LogP contribution in [-0.2, 0) is 6.61 Å². The van der Waals surface area contributed by atoms with E-state index in [1.165, 1.54) is 11.3 Å².